The van der Waals surface area contributed by atoms with Crippen LogP contribution in [0.5, 0.6) is 28.7 Å². The number of aromatic hydroxyl groups is 5. The number of fused-ring (bicyclic) bond motifs is 4. The Morgan fingerprint density at radius 1 is 0.514 bits per heavy atom. The van der Waals surface area contributed by atoms with Gasteiger partial charge in [-0.05, 0) is 71.5 Å². The maximum absolute atomic E-state index is 13.6. The van der Waals surface area contributed by atoms with Crippen LogP contribution in [0.2, 0.25) is 0 Å². The first-order valence-corrected chi connectivity index (χ1v) is 11.7. The molecule has 2 atom stereocenters. The van der Waals surface area contributed by atoms with Crippen molar-refractivity contribution in [1.82, 2.24) is 0 Å². The first-order valence-electron chi connectivity index (χ1n) is 11.7. The van der Waals surface area contributed by atoms with Crippen LogP contribution >= 0.6 is 0 Å². The number of hydrogen-bond acceptors (Lipinski definition) is 7. The number of carbonyl (C=O) groups excluding carboxylic acids is 2. The Labute approximate surface area is 211 Å². The summed E-state index contributed by atoms with van der Waals surface area (Å²) >= 11 is 0. The number of phenolic OH excluding ortho intramolecular Hbond substituents is 5. The standard InChI is InChI=1S/C30H22O7/c1-12-6-16-23(15-4-3-5-19(32)25(15)29(36)26(16)20(33)8-12)24-17-7-13(2)9-21(34)27(17)30(37)28-18(24)10-14(31)11-22(28)35/h3-11,23-24,31-35H,1-2H3/t23-,24+/m1/s1. The normalized spacial score (nSPS) is 17.6. The minimum atomic E-state index is -0.778. The van der Waals surface area contributed by atoms with Gasteiger partial charge >= 0.3 is 0 Å². The van der Waals surface area contributed by atoms with Crippen LogP contribution in [-0.4, -0.2) is 37.1 Å². The second-order valence-corrected chi connectivity index (χ2v) is 9.78. The number of rotatable bonds is 1. The van der Waals surface area contributed by atoms with E-state index in [4.69, 9.17) is 0 Å². The van der Waals surface area contributed by atoms with Crippen LogP contribution in [0, 0.1) is 13.8 Å². The minimum Gasteiger partial charge on any atom is -0.508 e. The Morgan fingerprint density at radius 3 is 1.49 bits per heavy atom. The average molecular weight is 494 g/mol. The van der Waals surface area contributed by atoms with Crippen LogP contribution in [0.15, 0.2) is 54.6 Å². The quantitative estimate of drug-likeness (QED) is 0.254. The van der Waals surface area contributed by atoms with Crippen molar-refractivity contribution in [2.45, 2.75) is 25.7 Å². The lowest BCUT2D eigenvalue weighted by Gasteiger charge is -2.38. The molecule has 7 heteroatoms. The maximum atomic E-state index is 13.6. The van der Waals surface area contributed by atoms with Crippen LogP contribution < -0.4 is 0 Å². The Kier molecular flexibility index (Phi) is 4.66. The lowest BCUT2D eigenvalue weighted by molar-refractivity contribution is 0.101. The van der Waals surface area contributed by atoms with Gasteiger partial charge < -0.3 is 25.5 Å². The molecular formula is C30H22O7. The molecule has 0 heterocycles. The lowest BCUT2D eigenvalue weighted by atomic mass is 9.63. The first-order chi connectivity index (χ1) is 17.6. The van der Waals surface area contributed by atoms with Gasteiger partial charge in [0, 0.05) is 17.9 Å². The molecule has 0 amide bonds. The van der Waals surface area contributed by atoms with Crippen LogP contribution in [0.1, 0.15) is 77.1 Å². The molecule has 0 bridgehead atoms. The summed E-state index contributed by atoms with van der Waals surface area (Å²) in [7, 11) is 0. The lowest BCUT2D eigenvalue weighted by Crippen LogP contribution is -2.29. The van der Waals surface area contributed by atoms with E-state index >= 15 is 0 Å². The summed E-state index contributed by atoms with van der Waals surface area (Å²) in [5.74, 6) is -4.07. The first kappa shape index (κ1) is 22.7. The monoisotopic (exact) mass is 494 g/mol. The number of carbonyl (C=O) groups is 2. The number of phenols is 5. The fourth-order valence-corrected chi connectivity index (χ4v) is 6.07. The van der Waals surface area contributed by atoms with E-state index in [2.05, 4.69) is 0 Å². The molecule has 184 valence electrons. The summed E-state index contributed by atoms with van der Waals surface area (Å²) in [6.45, 7) is 3.55. The fraction of sp³-hybridized carbons (Fsp3) is 0.133. The Balaban J connectivity index is 1.79. The number of benzene rings is 4. The summed E-state index contributed by atoms with van der Waals surface area (Å²) < 4.78 is 0. The second-order valence-electron chi connectivity index (χ2n) is 9.78. The van der Waals surface area contributed by atoms with Crippen LogP contribution in [0.3, 0.4) is 0 Å². The summed E-state index contributed by atoms with van der Waals surface area (Å²) in [4.78, 5) is 27.1. The molecule has 0 unspecified atom stereocenters. The van der Waals surface area contributed by atoms with E-state index in [1.807, 2.05) is 0 Å². The zero-order chi connectivity index (χ0) is 26.3. The van der Waals surface area contributed by atoms with Crippen molar-refractivity contribution in [3.8, 4) is 28.7 Å². The molecule has 0 aromatic heterocycles. The predicted octanol–water partition coefficient (Wildman–Crippen LogP) is 4.88. The molecule has 6 rings (SSSR count). The highest BCUT2D eigenvalue weighted by Crippen LogP contribution is 2.56. The molecule has 0 fully saturated rings. The third-order valence-corrected chi connectivity index (χ3v) is 7.37. The number of hydrogen-bond donors (Lipinski definition) is 5. The van der Waals surface area contributed by atoms with E-state index in [1.54, 1.807) is 38.1 Å². The molecule has 0 aliphatic heterocycles. The van der Waals surface area contributed by atoms with Gasteiger partial charge in [-0.2, -0.15) is 0 Å². The second kappa shape index (κ2) is 7.61. The van der Waals surface area contributed by atoms with Crippen molar-refractivity contribution in [2.75, 3.05) is 0 Å². The Morgan fingerprint density at radius 2 is 0.946 bits per heavy atom. The van der Waals surface area contributed by atoms with Crippen molar-refractivity contribution in [1.29, 1.82) is 0 Å². The van der Waals surface area contributed by atoms with Crippen LogP contribution in [0.4, 0.5) is 0 Å². The van der Waals surface area contributed by atoms with Gasteiger partial charge in [-0.25, -0.2) is 0 Å². The highest BCUT2D eigenvalue weighted by atomic mass is 16.3. The Hall–Kier alpha value is -4.78. The molecular weight excluding hydrogens is 472 g/mol. The Bertz CT molecular complexity index is 1640. The zero-order valence-corrected chi connectivity index (χ0v) is 19.9. The van der Waals surface area contributed by atoms with Gasteiger partial charge in [0.1, 0.15) is 28.7 Å². The van der Waals surface area contributed by atoms with Gasteiger partial charge in [-0.3, -0.25) is 9.59 Å². The topological polar surface area (TPSA) is 135 Å². The van der Waals surface area contributed by atoms with E-state index in [9.17, 15) is 35.1 Å². The number of ketones is 2. The molecule has 0 saturated heterocycles. The van der Waals surface area contributed by atoms with Gasteiger partial charge in [-0.1, -0.05) is 24.3 Å². The summed E-state index contributed by atoms with van der Waals surface area (Å²) in [5.41, 5.74) is 3.07. The average Bonchev–Trinajstić information content (AvgIpc) is 2.79. The molecule has 37 heavy (non-hydrogen) atoms. The SMILES string of the molecule is Cc1cc(O)c2c(c1)[C@H]([C@H]1c3cc(C)cc(O)c3C(=O)c3c(O)cc(O)cc31)c1cccc(O)c1C2=O. The highest BCUT2D eigenvalue weighted by molar-refractivity contribution is 6.18. The van der Waals surface area contributed by atoms with Crippen LogP contribution in [0.25, 0.3) is 0 Å². The van der Waals surface area contributed by atoms with Crippen molar-refractivity contribution >= 4 is 11.6 Å². The molecule has 0 radical (unpaired) electrons. The molecule has 4 aromatic carbocycles. The van der Waals surface area contributed by atoms with E-state index in [0.29, 0.717) is 33.4 Å². The van der Waals surface area contributed by atoms with Crippen molar-refractivity contribution in [3.05, 3.63) is 110 Å². The van der Waals surface area contributed by atoms with Crippen molar-refractivity contribution in [2.24, 2.45) is 0 Å². The highest BCUT2D eigenvalue weighted by Gasteiger charge is 2.45. The van der Waals surface area contributed by atoms with Gasteiger partial charge in [-0.15, -0.1) is 0 Å². The van der Waals surface area contributed by atoms with Gasteiger partial charge in [0.05, 0.1) is 22.3 Å². The summed E-state index contributed by atoms with van der Waals surface area (Å²) in [6, 6.07) is 13.6. The third kappa shape index (κ3) is 3.07. The molecule has 4 aromatic rings. The molecule has 7 nitrogen and oxygen atoms in total. The van der Waals surface area contributed by atoms with Gasteiger partial charge in [0.2, 0.25) is 11.6 Å². The van der Waals surface area contributed by atoms with Crippen molar-refractivity contribution < 1.29 is 35.1 Å². The van der Waals surface area contributed by atoms with E-state index in [0.717, 1.165) is 6.07 Å². The summed E-state index contributed by atoms with van der Waals surface area (Å²) in [5, 5.41) is 53.7. The fourth-order valence-electron chi connectivity index (χ4n) is 6.07. The van der Waals surface area contributed by atoms with E-state index in [1.165, 1.54) is 24.3 Å². The zero-order valence-electron chi connectivity index (χ0n) is 19.9. The third-order valence-electron chi connectivity index (χ3n) is 7.37. The van der Waals surface area contributed by atoms with Gasteiger partial charge in [0.15, 0.2) is 0 Å². The summed E-state index contributed by atoms with van der Waals surface area (Å²) in [6.07, 6.45) is 0. The van der Waals surface area contributed by atoms with E-state index in [-0.39, 0.29) is 45.3 Å². The minimum absolute atomic E-state index is 0.0149. The van der Waals surface area contributed by atoms with Gasteiger partial charge in [0.25, 0.3) is 0 Å². The number of aryl methyl sites for hydroxylation is 2. The largest absolute Gasteiger partial charge is 0.508 e. The molecule has 0 saturated carbocycles. The predicted molar refractivity (Wildman–Crippen MR) is 134 cm³/mol. The molecule has 0 spiro atoms. The molecule has 2 aliphatic rings. The molecule has 2 aliphatic carbocycles. The molecule has 5 N–H and O–H groups in total. The smallest absolute Gasteiger partial charge is 0.201 e. The van der Waals surface area contributed by atoms with Crippen LogP contribution in [-0.2, 0) is 0 Å². The van der Waals surface area contributed by atoms with Crippen molar-refractivity contribution in [3.63, 3.8) is 0 Å². The van der Waals surface area contributed by atoms with E-state index < -0.39 is 29.2 Å². The maximum Gasteiger partial charge on any atom is 0.201 e.